The highest BCUT2D eigenvalue weighted by Crippen LogP contribution is 2.14. The number of methoxy groups -OCH3 is 1. The van der Waals surface area contributed by atoms with E-state index in [1.807, 2.05) is 18.2 Å². The van der Waals surface area contributed by atoms with Gasteiger partial charge in [0, 0.05) is 19.8 Å². The molecule has 0 saturated carbocycles. The molecule has 96 valence electrons. The third kappa shape index (κ3) is 5.31. The van der Waals surface area contributed by atoms with Crippen molar-refractivity contribution in [3.63, 3.8) is 0 Å². The van der Waals surface area contributed by atoms with Gasteiger partial charge in [-0.05, 0) is 25.3 Å². The zero-order chi connectivity index (χ0) is 12.5. The smallest absolute Gasteiger partial charge is 0.0657 e. The summed E-state index contributed by atoms with van der Waals surface area (Å²) in [6, 6.07) is 10.9. The third-order valence-electron chi connectivity index (χ3n) is 2.82. The molecule has 0 heterocycles. The molecule has 0 aliphatic carbocycles. The van der Waals surface area contributed by atoms with Crippen molar-refractivity contribution in [1.82, 2.24) is 5.32 Å². The molecular formula is C14H23NO2. The number of nitrogens with one attached hydrogen (secondary N) is 1. The molecule has 2 atom stereocenters. The quantitative estimate of drug-likeness (QED) is 0.727. The summed E-state index contributed by atoms with van der Waals surface area (Å²) in [4.78, 5) is 0. The predicted molar refractivity (Wildman–Crippen MR) is 70.0 cm³/mol. The molecule has 1 rings (SSSR count). The molecule has 0 aliphatic rings. The molecule has 1 aromatic carbocycles. The average Bonchev–Trinajstić information content (AvgIpc) is 2.37. The van der Waals surface area contributed by atoms with Gasteiger partial charge in [-0.25, -0.2) is 0 Å². The minimum atomic E-state index is 0.217. The van der Waals surface area contributed by atoms with Gasteiger partial charge in [0.1, 0.15) is 0 Å². The Hall–Kier alpha value is -0.900. The molecule has 2 N–H and O–H groups in total. The molecule has 0 saturated heterocycles. The van der Waals surface area contributed by atoms with E-state index in [-0.39, 0.29) is 12.6 Å². The van der Waals surface area contributed by atoms with Crippen molar-refractivity contribution in [3.8, 4) is 0 Å². The van der Waals surface area contributed by atoms with Crippen molar-refractivity contribution in [1.29, 1.82) is 0 Å². The second kappa shape index (κ2) is 8.23. The van der Waals surface area contributed by atoms with Crippen molar-refractivity contribution < 1.29 is 9.84 Å². The van der Waals surface area contributed by atoms with Crippen LogP contribution in [0.2, 0.25) is 0 Å². The molecule has 0 radical (unpaired) electrons. The molecule has 1 aromatic rings. The standard InChI is InChI=1S/C14H23NO2/c1-12(7-6-10-16)15-14(11-17-2)13-8-4-3-5-9-13/h3-5,8-9,12,14-16H,6-7,10-11H2,1-2H3. The number of benzene rings is 1. The number of hydrogen-bond donors (Lipinski definition) is 2. The highest BCUT2D eigenvalue weighted by molar-refractivity contribution is 5.19. The van der Waals surface area contributed by atoms with Crippen LogP contribution < -0.4 is 5.32 Å². The second-order valence-corrected chi connectivity index (χ2v) is 4.35. The van der Waals surface area contributed by atoms with E-state index in [0.29, 0.717) is 12.6 Å². The van der Waals surface area contributed by atoms with Gasteiger partial charge in [-0.15, -0.1) is 0 Å². The van der Waals surface area contributed by atoms with Crippen LogP contribution >= 0.6 is 0 Å². The zero-order valence-corrected chi connectivity index (χ0v) is 10.7. The Balaban J connectivity index is 2.54. The SMILES string of the molecule is COCC(NC(C)CCCO)c1ccccc1. The van der Waals surface area contributed by atoms with Gasteiger partial charge in [-0.1, -0.05) is 30.3 Å². The Kier molecular flexibility index (Phi) is 6.86. The Morgan fingerprint density at radius 3 is 2.59 bits per heavy atom. The summed E-state index contributed by atoms with van der Waals surface area (Å²) in [5.74, 6) is 0. The molecule has 17 heavy (non-hydrogen) atoms. The maximum Gasteiger partial charge on any atom is 0.0657 e. The number of hydrogen-bond acceptors (Lipinski definition) is 3. The van der Waals surface area contributed by atoms with Crippen LogP contribution in [-0.2, 0) is 4.74 Å². The van der Waals surface area contributed by atoms with E-state index in [1.54, 1.807) is 7.11 Å². The first-order valence-corrected chi connectivity index (χ1v) is 6.18. The van der Waals surface area contributed by atoms with Crippen LogP contribution in [0.5, 0.6) is 0 Å². The van der Waals surface area contributed by atoms with Crippen LogP contribution in [-0.4, -0.2) is 31.5 Å². The van der Waals surface area contributed by atoms with Gasteiger partial charge in [0.2, 0.25) is 0 Å². The molecule has 0 spiro atoms. The first-order valence-electron chi connectivity index (χ1n) is 6.18. The van der Waals surface area contributed by atoms with E-state index in [4.69, 9.17) is 9.84 Å². The van der Waals surface area contributed by atoms with Crippen molar-refractivity contribution in [3.05, 3.63) is 35.9 Å². The lowest BCUT2D eigenvalue weighted by molar-refractivity contribution is 0.160. The molecule has 0 aromatic heterocycles. The van der Waals surface area contributed by atoms with Crippen molar-refractivity contribution >= 4 is 0 Å². The summed E-state index contributed by atoms with van der Waals surface area (Å²) < 4.78 is 5.25. The molecule has 0 fully saturated rings. The lowest BCUT2D eigenvalue weighted by Crippen LogP contribution is -2.33. The van der Waals surface area contributed by atoms with E-state index < -0.39 is 0 Å². The number of ether oxygens (including phenoxy) is 1. The Bertz CT molecular complexity index is 290. The average molecular weight is 237 g/mol. The maximum absolute atomic E-state index is 8.82. The molecule has 3 heteroatoms. The van der Waals surface area contributed by atoms with E-state index in [0.717, 1.165) is 12.8 Å². The molecule has 2 unspecified atom stereocenters. The fraction of sp³-hybridized carbons (Fsp3) is 0.571. The molecule has 3 nitrogen and oxygen atoms in total. The first kappa shape index (κ1) is 14.2. The molecule has 0 amide bonds. The van der Waals surface area contributed by atoms with Crippen molar-refractivity contribution in [2.24, 2.45) is 0 Å². The van der Waals surface area contributed by atoms with Gasteiger partial charge < -0.3 is 15.2 Å². The summed E-state index contributed by atoms with van der Waals surface area (Å²) in [6.07, 6.45) is 1.81. The predicted octanol–water partition coefficient (Wildman–Crippen LogP) is 2.12. The van der Waals surface area contributed by atoms with Gasteiger partial charge in [0.15, 0.2) is 0 Å². The highest BCUT2D eigenvalue weighted by atomic mass is 16.5. The fourth-order valence-corrected chi connectivity index (χ4v) is 1.92. The topological polar surface area (TPSA) is 41.5 Å². The zero-order valence-electron chi connectivity index (χ0n) is 10.7. The minimum Gasteiger partial charge on any atom is -0.396 e. The maximum atomic E-state index is 8.82. The van der Waals surface area contributed by atoms with Crippen LogP contribution in [0.25, 0.3) is 0 Å². The monoisotopic (exact) mass is 237 g/mol. The molecule has 0 bridgehead atoms. The van der Waals surface area contributed by atoms with Crippen LogP contribution in [0.15, 0.2) is 30.3 Å². The van der Waals surface area contributed by atoms with Gasteiger partial charge in [-0.3, -0.25) is 0 Å². The summed E-state index contributed by atoms with van der Waals surface area (Å²) in [6.45, 7) is 3.06. The normalized spacial score (nSPS) is 14.5. The van der Waals surface area contributed by atoms with Gasteiger partial charge in [-0.2, -0.15) is 0 Å². The minimum absolute atomic E-state index is 0.217. The molecule has 0 aliphatic heterocycles. The number of rotatable bonds is 8. The van der Waals surface area contributed by atoms with Crippen molar-refractivity contribution in [2.45, 2.75) is 31.8 Å². The third-order valence-corrected chi connectivity index (χ3v) is 2.82. The van der Waals surface area contributed by atoms with Gasteiger partial charge in [0.05, 0.1) is 12.6 Å². The Morgan fingerprint density at radius 1 is 1.29 bits per heavy atom. The first-order chi connectivity index (χ1) is 8.27. The lowest BCUT2D eigenvalue weighted by Gasteiger charge is -2.23. The van der Waals surface area contributed by atoms with E-state index >= 15 is 0 Å². The molecular weight excluding hydrogens is 214 g/mol. The van der Waals surface area contributed by atoms with E-state index in [2.05, 4.69) is 24.4 Å². The summed E-state index contributed by atoms with van der Waals surface area (Å²) in [5.41, 5.74) is 1.24. The van der Waals surface area contributed by atoms with E-state index in [1.165, 1.54) is 5.56 Å². The van der Waals surface area contributed by atoms with Crippen LogP contribution in [0.3, 0.4) is 0 Å². The lowest BCUT2D eigenvalue weighted by atomic mass is 10.1. The fourth-order valence-electron chi connectivity index (χ4n) is 1.92. The highest BCUT2D eigenvalue weighted by Gasteiger charge is 2.13. The Labute approximate surface area is 104 Å². The summed E-state index contributed by atoms with van der Waals surface area (Å²) in [5, 5.41) is 12.4. The number of aliphatic hydroxyl groups is 1. The Morgan fingerprint density at radius 2 is 2.00 bits per heavy atom. The van der Waals surface area contributed by atoms with Crippen LogP contribution in [0.1, 0.15) is 31.4 Å². The van der Waals surface area contributed by atoms with E-state index in [9.17, 15) is 0 Å². The summed E-state index contributed by atoms with van der Waals surface area (Å²) in [7, 11) is 1.72. The van der Waals surface area contributed by atoms with Crippen LogP contribution in [0, 0.1) is 0 Å². The second-order valence-electron chi connectivity index (χ2n) is 4.35. The number of aliphatic hydroxyl groups excluding tert-OH is 1. The van der Waals surface area contributed by atoms with Gasteiger partial charge >= 0.3 is 0 Å². The van der Waals surface area contributed by atoms with Crippen LogP contribution in [0.4, 0.5) is 0 Å². The summed E-state index contributed by atoms with van der Waals surface area (Å²) >= 11 is 0. The van der Waals surface area contributed by atoms with Crippen molar-refractivity contribution in [2.75, 3.05) is 20.3 Å². The van der Waals surface area contributed by atoms with Gasteiger partial charge in [0.25, 0.3) is 0 Å². The largest absolute Gasteiger partial charge is 0.396 e.